The number of carbonyl (C=O) groups is 1. The van der Waals surface area contributed by atoms with E-state index in [0.29, 0.717) is 5.01 Å². The third-order valence-corrected chi connectivity index (χ3v) is 2.50. The van der Waals surface area contributed by atoms with Crippen molar-refractivity contribution in [3.63, 3.8) is 0 Å². The molecule has 0 aromatic heterocycles. The van der Waals surface area contributed by atoms with Crippen LogP contribution in [0, 0.1) is 0 Å². The molecule has 2 amide bonds. The van der Waals surface area contributed by atoms with Gasteiger partial charge >= 0.3 is 6.03 Å². The number of urea groups is 1. The van der Waals surface area contributed by atoms with Crippen LogP contribution in [0.4, 0.5) is 19.3 Å². The van der Waals surface area contributed by atoms with Crippen molar-refractivity contribution in [3.8, 4) is 0 Å². The maximum Gasteiger partial charge on any atom is 0.350 e. The van der Waals surface area contributed by atoms with Crippen molar-refractivity contribution in [3.05, 3.63) is 29.3 Å². The molecule has 0 spiro atoms. The zero-order chi connectivity index (χ0) is 13.0. The molecule has 1 aromatic rings. The average molecular weight is 262 g/mol. The Morgan fingerprint density at radius 3 is 2.65 bits per heavy atom. The highest BCUT2D eigenvalue weighted by Gasteiger charge is 2.19. The number of hydrogen-bond donors (Lipinski definition) is 4. The number of thiol groups is 1. The van der Waals surface area contributed by atoms with Crippen LogP contribution in [-0.4, -0.2) is 6.03 Å². The van der Waals surface area contributed by atoms with Gasteiger partial charge in [-0.15, -0.1) is 0 Å². The van der Waals surface area contributed by atoms with Crippen LogP contribution >= 0.6 is 12.6 Å². The first-order chi connectivity index (χ1) is 8.02. The SMILES string of the molecule is NNC(=O)N(N)c1cccc(C(F)F)c1CS. The fourth-order valence-electron chi connectivity index (χ4n) is 1.37. The van der Waals surface area contributed by atoms with Gasteiger partial charge in [0.1, 0.15) is 0 Å². The minimum atomic E-state index is -2.66. The number of hydrogen-bond acceptors (Lipinski definition) is 4. The first-order valence-corrected chi connectivity index (χ1v) is 5.22. The van der Waals surface area contributed by atoms with Crippen LogP contribution in [0.1, 0.15) is 17.6 Å². The molecule has 0 aliphatic heterocycles. The molecule has 0 radical (unpaired) electrons. The quantitative estimate of drug-likeness (QED) is 0.287. The molecule has 0 aliphatic rings. The van der Waals surface area contributed by atoms with Gasteiger partial charge in [0.05, 0.1) is 5.69 Å². The summed E-state index contributed by atoms with van der Waals surface area (Å²) in [6, 6.07) is 3.27. The Labute approximate surface area is 102 Å². The number of amides is 2. The Balaban J connectivity index is 3.24. The lowest BCUT2D eigenvalue weighted by Crippen LogP contribution is -2.48. The maximum atomic E-state index is 12.7. The van der Waals surface area contributed by atoms with Crippen LogP contribution in [0.5, 0.6) is 0 Å². The van der Waals surface area contributed by atoms with Crippen LogP contribution in [-0.2, 0) is 5.75 Å². The molecular formula is C9H12F2N4OS. The number of nitrogens with zero attached hydrogens (tertiary/aromatic N) is 1. The third kappa shape index (κ3) is 2.84. The number of anilines is 1. The number of nitrogens with two attached hydrogens (primary N) is 2. The highest BCUT2D eigenvalue weighted by Crippen LogP contribution is 2.30. The Morgan fingerprint density at radius 2 is 2.18 bits per heavy atom. The van der Waals surface area contributed by atoms with E-state index in [4.69, 9.17) is 11.7 Å². The van der Waals surface area contributed by atoms with E-state index in [9.17, 15) is 13.6 Å². The monoisotopic (exact) mass is 262 g/mol. The van der Waals surface area contributed by atoms with Gasteiger partial charge in [-0.05, 0) is 11.6 Å². The number of alkyl halides is 2. The summed E-state index contributed by atoms with van der Waals surface area (Å²) in [7, 11) is 0. The summed E-state index contributed by atoms with van der Waals surface area (Å²) in [5.41, 5.74) is 1.93. The van der Waals surface area contributed by atoms with E-state index >= 15 is 0 Å². The maximum absolute atomic E-state index is 12.7. The predicted octanol–water partition coefficient (Wildman–Crippen LogP) is 1.32. The largest absolute Gasteiger partial charge is 0.350 e. The second-order valence-electron chi connectivity index (χ2n) is 3.12. The standard InChI is InChI=1S/C9H12F2N4OS/c10-8(11)5-2-1-3-7(6(5)4-17)15(13)9(16)14-12/h1-3,8,17H,4,12-13H2,(H,14,16). The summed E-state index contributed by atoms with van der Waals surface area (Å²) in [5.74, 6) is 10.4. The lowest BCUT2D eigenvalue weighted by molar-refractivity contribution is 0.150. The minimum Gasteiger partial charge on any atom is -0.274 e. The van der Waals surface area contributed by atoms with Gasteiger partial charge in [-0.3, -0.25) is 5.43 Å². The van der Waals surface area contributed by atoms with Crippen LogP contribution in [0.25, 0.3) is 0 Å². The van der Waals surface area contributed by atoms with Crippen molar-refractivity contribution in [2.45, 2.75) is 12.2 Å². The number of rotatable bonds is 3. The number of carbonyl (C=O) groups excluding carboxylic acids is 1. The van der Waals surface area contributed by atoms with E-state index in [0.717, 1.165) is 0 Å². The molecular weight excluding hydrogens is 250 g/mol. The van der Waals surface area contributed by atoms with Crippen LogP contribution < -0.4 is 22.1 Å². The lowest BCUT2D eigenvalue weighted by atomic mass is 10.1. The molecule has 5 N–H and O–H groups in total. The first kappa shape index (κ1) is 13.7. The Hall–Kier alpha value is -1.38. The summed E-state index contributed by atoms with van der Waals surface area (Å²) in [4.78, 5) is 11.2. The van der Waals surface area contributed by atoms with Crippen molar-refractivity contribution in [1.82, 2.24) is 5.43 Å². The molecule has 94 valence electrons. The van der Waals surface area contributed by atoms with E-state index in [1.807, 2.05) is 5.43 Å². The van der Waals surface area contributed by atoms with Crippen LogP contribution in [0.3, 0.4) is 0 Å². The Morgan fingerprint density at radius 1 is 1.53 bits per heavy atom. The highest BCUT2D eigenvalue weighted by atomic mass is 32.1. The third-order valence-electron chi connectivity index (χ3n) is 2.18. The molecule has 1 aromatic carbocycles. The lowest BCUT2D eigenvalue weighted by Gasteiger charge is -2.20. The van der Waals surface area contributed by atoms with Gasteiger partial charge in [0.25, 0.3) is 6.43 Å². The van der Waals surface area contributed by atoms with Gasteiger partial charge in [-0.1, -0.05) is 12.1 Å². The summed E-state index contributed by atoms with van der Waals surface area (Å²) in [5, 5.41) is 0.664. The fraction of sp³-hybridized carbons (Fsp3) is 0.222. The summed E-state index contributed by atoms with van der Waals surface area (Å²) < 4.78 is 25.4. The highest BCUT2D eigenvalue weighted by molar-refractivity contribution is 7.79. The second kappa shape index (κ2) is 5.80. The molecule has 1 rings (SSSR count). The van der Waals surface area contributed by atoms with Gasteiger partial charge < -0.3 is 0 Å². The normalized spacial score (nSPS) is 10.5. The molecule has 5 nitrogen and oxygen atoms in total. The summed E-state index contributed by atoms with van der Waals surface area (Å²) >= 11 is 3.96. The zero-order valence-corrected chi connectivity index (χ0v) is 9.62. The first-order valence-electron chi connectivity index (χ1n) is 4.59. The van der Waals surface area contributed by atoms with Gasteiger partial charge in [0.2, 0.25) is 0 Å². The van der Waals surface area contributed by atoms with Crippen LogP contribution in [0.15, 0.2) is 18.2 Å². The van der Waals surface area contributed by atoms with Gasteiger partial charge in [0, 0.05) is 11.3 Å². The molecule has 0 fully saturated rings. The van der Waals surface area contributed by atoms with E-state index in [1.54, 1.807) is 0 Å². The summed E-state index contributed by atoms with van der Waals surface area (Å²) in [6.07, 6.45) is -2.66. The molecule has 8 heteroatoms. The average Bonchev–Trinajstić information content (AvgIpc) is 2.35. The summed E-state index contributed by atoms with van der Waals surface area (Å²) in [6.45, 7) is 0. The number of benzene rings is 1. The van der Waals surface area contributed by atoms with Crippen molar-refractivity contribution >= 4 is 24.3 Å². The van der Waals surface area contributed by atoms with Gasteiger partial charge in [-0.2, -0.15) is 12.6 Å². The number of nitrogens with one attached hydrogen (secondary N) is 1. The van der Waals surface area contributed by atoms with Crippen molar-refractivity contribution in [1.29, 1.82) is 0 Å². The second-order valence-corrected chi connectivity index (χ2v) is 3.44. The predicted molar refractivity (Wildman–Crippen MR) is 63.5 cm³/mol. The number of hydrazine groups is 2. The fourth-order valence-corrected chi connectivity index (χ4v) is 1.72. The minimum absolute atomic E-state index is 0.0292. The van der Waals surface area contributed by atoms with Gasteiger partial charge in [0.15, 0.2) is 0 Å². The van der Waals surface area contributed by atoms with Crippen molar-refractivity contribution < 1.29 is 13.6 Å². The zero-order valence-electron chi connectivity index (χ0n) is 8.73. The molecule has 0 saturated carbocycles. The molecule has 17 heavy (non-hydrogen) atoms. The Kier molecular flexibility index (Phi) is 4.67. The topological polar surface area (TPSA) is 84.4 Å². The van der Waals surface area contributed by atoms with E-state index in [2.05, 4.69) is 12.6 Å². The Bertz CT molecular complexity index is 416. The molecule has 0 bridgehead atoms. The molecule has 0 saturated heterocycles. The number of halogens is 2. The smallest absolute Gasteiger partial charge is 0.274 e. The molecule has 0 atom stereocenters. The van der Waals surface area contributed by atoms with E-state index < -0.39 is 12.5 Å². The molecule has 0 aliphatic carbocycles. The van der Waals surface area contributed by atoms with E-state index in [1.165, 1.54) is 18.2 Å². The van der Waals surface area contributed by atoms with Crippen molar-refractivity contribution in [2.24, 2.45) is 11.7 Å². The van der Waals surface area contributed by atoms with Crippen molar-refractivity contribution in [2.75, 3.05) is 5.01 Å². The van der Waals surface area contributed by atoms with Gasteiger partial charge in [-0.25, -0.2) is 30.3 Å². The molecule has 0 heterocycles. The van der Waals surface area contributed by atoms with E-state index in [-0.39, 0.29) is 22.6 Å². The van der Waals surface area contributed by atoms with Crippen LogP contribution in [0.2, 0.25) is 0 Å². The molecule has 0 unspecified atom stereocenters.